The Hall–Kier alpha value is -1.10. The number of piperazine rings is 1. The van der Waals surface area contributed by atoms with Gasteiger partial charge in [0.15, 0.2) is 0 Å². The van der Waals surface area contributed by atoms with Crippen LogP contribution in [0.1, 0.15) is 32.6 Å². The summed E-state index contributed by atoms with van der Waals surface area (Å²) in [4.78, 5) is 28.1. The molecule has 0 saturated carbocycles. The molecule has 3 fully saturated rings. The Morgan fingerprint density at radius 2 is 2.16 bits per heavy atom. The van der Waals surface area contributed by atoms with E-state index in [2.05, 4.69) is 12.2 Å². The van der Waals surface area contributed by atoms with Gasteiger partial charge in [0.25, 0.3) is 0 Å². The molecule has 0 aromatic heterocycles. The molecule has 3 rings (SSSR count). The van der Waals surface area contributed by atoms with E-state index in [9.17, 15) is 9.59 Å². The summed E-state index contributed by atoms with van der Waals surface area (Å²) in [6, 6.07) is 0.263. The van der Waals surface area contributed by atoms with Crippen molar-refractivity contribution < 1.29 is 9.59 Å². The fourth-order valence-electron chi connectivity index (χ4n) is 3.58. The maximum atomic E-state index is 12.5. The first-order valence-corrected chi connectivity index (χ1v) is 7.47. The lowest BCUT2D eigenvalue weighted by Gasteiger charge is -2.40. The summed E-state index contributed by atoms with van der Waals surface area (Å²) in [5.74, 6) is 1.14. The number of carbonyl (C=O) groups excluding carboxylic acids is 2. The monoisotopic (exact) mass is 265 g/mol. The SMILES string of the molecule is CC1CCNC(C(=O)N2CCN3C(=O)CCC3C2)C1. The molecule has 3 unspecified atom stereocenters. The lowest BCUT2D eigenvalue weighted by molar-refractivity contribution is -0.141. The maximum Gasteiger partial charge on any atom is 0.239 e. The van der Waals surface area contributed by atoms with E-state index in [0.717, 1.165) is 38.9 Å². The minimum atomic E-state index is -0.00703. The molecule has 5 nitrogen and oxygen atoms in total. The van der Waals surface area contributed by atoms with Gasteiger partial charge < -0.3 is 15.1 Å². The number of piperidine rings is 1. The van der Waals surface area contributed by atoms with Crippen LogP contribution >= 0.6 is 0 Å². The van der Waals surface area contributed by atoms with Gasteiger partial charge in [-0.3, -0.25) is 9.59 Å². The second-order valence-corrected chi connectivity index (χ2v) is 6.20. The van der Waals surface area contributed by atoms with Crippen LogP contribution in [0, 0.1) is 5.92 Å². The number of fused-ring (bicyclic) bond motifs is 1. The van der Waals surface area contributed by atoms with Gasteiger partial charge in [-0.25, -0.2) is 0 Å². The van der Waals surface area contributed by atoms with Crippen molar-refractivity contribution in [1.29, 1.82) is 0 Å². The van der Waals surface area contributed by atoms with Crippen LogP contribution in [0.3, 0.4) is 0 Å². The zero-order valence-corrected chi connectivity index (χ0v) is 11.6. The van der Waals surface area contributed by atoms with Crippen molar-refractivity contribution in [2.75, 3.05) is 26.2 Å². The molecule has 0 aliphatic carbocycles. The van der Waals surface area contributed by atoms with E-state index < -0.39 is 0 Å². The summed E-state index contributed by atoms with van der Waals surface area (Å²) in [5, 5.41) is 3.34. The molecule has 2 amide bonds. The zero-order chi connectivity index (χ0) is 13.4. The fourth-order valence-corrected chi connectivity index (χ4v) is 3.58. The maximum absolute atomic E-state index is 12.5. The van der Waals surface area contributed by atoms with Crippen LogP contribution < -0.4 is 5.32 Å². The molecule has 106 valence electrons. The van der Waals surface area contributed by atoms with Gasteiger partial charge in [0.2, 0.25) is 11.8 Å². The van der Waals surface area contributed by atoms with Gasteiger partial charge in [-0.05, 0) is 31.7 Å². The first-order valence-electron chi connectivity index (χ1n) is 7.47. The summed E-state index contributed by atoms with van der Waals surface area (Å²) >= 11 is 0. The number of rotatable bonds is 1. The molecule has 19 heavy (non-hydrogen) atoms. The van der Waals surface area contributed by atoms with Crippen LogP contribution in [0.4, 0.5) is 0 Å². The van der Waals surface area contributed by atoms with Crippen molar-refractivity contribution in [3.8, 4) is 0 Å². The Balaban J connectivity index is 1.60. The van der Waals surface area contributed by atoms with E-state index in [-0.39, 0.29) is 23.9 Å². The second-order valence-electron chi connectivity index (χ2n) is 6.20. The Morgan fingerprint density at radius 3 is 2.95 bits per heavy atom. The van der Waals surface area contributed by atoms with Crippen molar-refractivity contribution in [1.82, 2.24) is 15.1 Å². The molecule has 0 aromatic carbocycles. The van der Waals surface area contributed by atoms with Gasteiger partial charge in [-0.2, -0.15) is 0 Å². The van der Waals surface area contributed by atoms with Crippen LogP contribution in [0.5, 0.6) is 0 Å². The predicted octanol–water partition coefficient (Wildman–Crippen LogP) is 0.208. The average Bonchev–Trinajstić information content (AvgIpc) is 2.79. The average molecular weight is 265 g/mol. The molecule has 0 radical (unpaired) electrons. The Bertz CT molecular complexity index is 385. The topological polar surface area (TPSA) is 52.7 Å². The normalized spacial score (nSPS) is 35.4. The second kappa shape index (κ2) is 5.12. The van der Waals surface area contributed by atoms with Gasteiger partial charge in [0.1, 0.15) is 0 Å². The lowest BCUT2D eigenvalue weighted by atomic mass is 9.93. The van der Waals surface area contributed by atoms with Crippen molar-refractivity contribution in [3.63, 3.8) is 0 Å². The minimum Gasteiger partial charge on any atom is -0.338 e. The van der Waals surface area contributed by atoms with Gasteiger partial charge >= 0.3 is 0 Å². The number of nitrogens with zero attached hydrogens (tertiary/aromatic N) is 2. The highest BCUT2D eigenvalue weighted by molar-refractivity contribution is 5.83. The molecule has 1 N–H and O–H groups in total. The Morgan fingerprint density at radius 1 is 1.32 bits per heavy atom. The van der Waals surface area contributed by atoms with Crippen LogP contribution in [0.2, 0.25) is 0 Å². The lowest BCUT2D eigenvalue weighted by Crippen LogP contribution is -2.58. The number of amides is 2. The minimum absolute atomic E-state index is 0.00703. The van der Waals surface area contributed by atoms with Crippen LogP contribution in [-0.4, -0.2) is 59.9 Å². The van der Waals surface area contributed by atoms with E-state index >= 15 is 0 Å². The van der Waals surface area contributed by atoms with Gasteiger partial charge in [-0.1, -0.05) is 6.92 Å². The largest absolute Gasteiger partial charge is 0.338 e. The molecule has 0 spiro atoms. The first kappa shape index (κ1) is 12.9. The zero-order valence-electron chi connectivity index (χ0n) is 11.6. The number of nitrogens with one attached hydrogen (secondary N) is 1. The predicted molar refractivity (Wildman–Crippen MR) is 71.5 cm³/mol. The first-order chi connectivity index (χ1) is 9.15. The molecule has 5 heteroatoms. The molecule has 0 aromatic rings. The number of hydrogen-bond acceptors (Lipinski definition) is 3. The quantitative estimate of drug-likeness (QED) is 0.737. The van der Waals surface area contributed by atoms with Crippen molar-refractivity contribution >= 4 is 11.8 Å². The highest BCUT2D eigenvalue weighted by atomic mass is 16.2. The highest BCUT2D eigenvalue weighted by Gasteiger charge is 2.38. The molecular formula is C14H23N3O2. The molecule has 3 atom stereocenters. The molecule has 3 aliphatic heterocycles. The standard InChI is InChI=1S/C14H23N3O2/c1-10-4-5-15-12(8-10)14(19)16-6-7-17-11(9-16)2-3-13(17)18/h10-12,15H,2-9H2,1H3. The summed E-state index contributed by atoms with van der Waals surface area (Å²) in [6.07, 6.45) is 3.68. The molecule has 0 bridgehead atoms. The number of carbonyl (C=O) groups is 2. The summed E-state index contributed by atoms with van der Waals surface area (Å²) < 4.78 is 0. The molecule has 3 saturated heterocycles. The molecular weight excluding hydrogens is 242 g/mol. The van der Waals surface area contributed by atoms with E-state index in [1.54, 1.807) is 0 Å². The van der Waals surface area contributed by atoms with Crippen molar-refractivity contribution in [2.24, 2.45) is 5.92 Å². The third-order valence-corrected chi connectivity index (χ3v) is 4.77. The third kappa shape index (κ3) is 2.48. The van der Waals surface area contributed by atoms with Crippen LogP contribution in [-0.2, 0) is 9.59 Å². The number of hydrogen-bond donors (Lipinski definition) is 1. The van der Waals surface area contributed by atoms with Crippen molar-refractivity contribution in [2.45, 2.75) is 44.7 Å². The van der Waals surface area contributed by atoms with E-state index in [4.69, 9.17) is 0 Å². The van der Waals surface area contributed by atoms with E-state index in [0.29, 0.717) is 18.9 Å². The molecule has 3 aliphatic rings. The van der Waals surface area contributed by atoms with E-state index in [1.807, 2.05) is 9.80 Å². The summed E-state index contributed by atoms with van der Waals surface area (Å²) in [6.45, 7) is 5.32. The highest BCUT2D eigenvalue weighted by Crippen LogP contribution is 2.24. The Kier molecular flexibility index (Phi) is 3.48. The fraction of sp³-hybridized carbons (Fsp3) is 0.857. The van der Waals surface area contributed by atoms with E-state index in [1.165, 1.54) is 0 Å². The van der Waals surface area contributed by atoms with Gasteiger partial charge in [0.05, 0.1) is 6.04 Å². The Labute approximate surface area is 114 Å². The van der Waals surface area contributed by atoms with Gasteiger partial charge in [-0.15, -0.1) is 0 Å². The smallest absolute Gasteiger partial charge is 0.239 e. The third-order valence-electron chi connectivity index (χ3n) is 4.77. The van der Waals surface area contributed by atoms with Crippen LogP contribution in [0.15, 0.2) is 0 Å². The van der Waals surface area contributed by atoms with Crippen LogP contribution in [0.25, 0.3) is 0 Å². The van der Waals surface area contributed by atoms with Gasteiger partial charge in [0, 0.05) is 32.1 Å². The summed E-state index contributed by atoms with van der Waals surface area (Å²) in [5.41, 5.74) is 0. The summed E-state index contributed by atoms with van der Waals surface area (Å²) in [7, 11) is 0. The molecule has 3 heterocycles. The van der Waals surface area contributed by atoms with Crippen molar-refractivity contribution in [3.05, 3.63) is 0 Å².